The second kappa shape index (κ2) is 6.29. The molecule has 1 amide bonds. The van der Waals surface area contributed by atoms with Gasteiger partial charge in [0, 0.05) is 13.1 Å². The minimum absolute atomic E-state index is 0.101. The van der Waals surface area contributed by atoms with E-state index in [1.54, 1.807) is 0 Å². The lowest BCUT2D eigenvalue weighted by Crippen LogP contribution is -2.44. The molecule has 1 aliphatic heterocycles. The molecule has 1 saturated heterocycles. The first-order valence-corrected chi connectivity index (χ1v) is 7.44. The molecular weight excluding hydrogens is 250 g/mol. The summed E-state index contributed by atoms with van der Waals surface area (Å²) in [7, 11) is 0. The number of rotatable bonds is 3. The third-order valence-electron chi connectivity index (χ3n) is 4.13. The van der Waals surface area contributed by atoms with Crippen molar-refractivity contribution in [3.05, 3.63) is 29.3 Å². The monoisotopic (exact) mass is 275 g/mol. The summed E-state index contributed by atoms with van der Waals surface area (Å²) in [6, 6.07) is 5.95. The Labute approximate surface area is 121 Å². The fourth-order valence-electron chi connectivity index (χ4n) is 2.98. The first kappa shape index (κ1) is 14.9. The number of aryl methyl sites for hydroxylation is 1. The molecule has 1 fully saturated rings. The van der Waals surface area contributed by atoms with Crippen LogP contribution in [0.2, 0.25) is 0 Å². The van der Waals surface area contributed by atoms with Crippen molar-refractivity contribution in [3.63, 3.8) is 0 Å². The maximum atomic E-state index is 12.3. The fourth-order valence-corrected chi connectivity index (χ4v) is 2.98. The molecule has 0 aromatic heterocycles. The van der Waals surface area contributed by atoms with Crippen LogP contribution < -0.4 is 4.74 Å². The first-order valence-electron chi connectivity index (χ1n) is 7.44. The van der Waals surface area contributed by atoms with E-state index in [9.17, 15) is 4.79 Å². The summed E-state index contributed by atoms with van der Waals surface area (Å²) in [6.45, 7) is 10.4. The van der Waals surface area contributed by atoms with Crippen LogP contribution in [0.5, 0.6) is 5.75 Å². The van der Waals surface area contributed by atoms with Gasteiger partial charge in [-0.15, -0.1) is 0 Å². The van der Waals surface area contributed by atoms with Crippen LogP contribution in [-0.4, -0.2) is 30.5 Å². The topological polar surface area (TPSA) is 29.5 Å². The van der Waals surface area contributed by atoms with Gasteiger partial charge < -0.3 is 9.64 Å². The van der Waals surface area contributed by atoms with E-state index in [0.717, 1.165) is 24.4 Å². The molecule has 0 aliphatic carbocycles. The normalized spacial score (nSPS) is 22.7. The van der Waals surface area contributed by atoms with E-state index in [4.69, 9.17) is 4.74 Å². The van der Waals surface area contributed by atoms with Crippen LogP contribution in [0.15, 0.2) is 18.2 Å². The molecule has 0 bridgehead atoms. The van der Waals surface area contributed by atoms with Crippen molar-refractivity contribution < 1.29 is 9.53 Å². The number of hydrogen-bond acceptors (Lipinski definition) is 2. The van der Waals surface area contributed by atoms with Crippen LogP contribution in [0.3, 0.4) is 0 Å². The van der Waals surface area contributed by atoms with E-state index >= 15 is 0 Å². The van der Waals surface area contributed by atoms with Crippen molar-refractivity contribution in [1.29, 1.82) is 0 Å². The minimum atomic E-state index is 0.101. The molecule has 110 valence electrons. The molecule has 3 heteroatoms. The number of nitrogens with zero attached hydrogens (tertiary/aromatic N) is 1. The van der Waals surface area contributed by atoms with Crippen molar-refractivity contribution in [1.82, 2.24) is 4.90 Å². The van der Waals surface area contributed by atoms with E-state index in [2.05, 4.69) is 26.8 Å². The van der Waals surface area contributed by atoms with E-state index in [0.29, 0.717) is 11.8 Å². The number of benzene rings is 1. The van der Waals surface area contributed by atoms with Gasteiger partial charge in [-0.1, -0.05) is 26.0 Å². The zero-order valence-electron chi connectivity index (χ0n) is 13.0. The SMILES string of the molecule is Cc1cccc(OCC(=O)N2CC(C)CC(C)C2)c1C. The Morgan fingerprint density at radius 2 is 1.90 bits per heavy atom. The molecular formula is C17H25NO2. The van der Waals surface area contributed by atoms with Gasteiger partial charge in [0.15, 0.2) is 6.61 Å². The highest BCUT2D eigenvalue weighted by Crippen LogP contribution is 2.22. The summed E-state index contributed by atoms with van der Waals surface area (Å²) in [5, 5.41) is 0. The maximum absolute atomic E-state index is 12.3. The van der Waals surface area contributed by atoms with E-state index in [1.807, 2.05) is 24.0 Å². The predicted octanol–water partition coefficient (Wildman–Crippen LogP) is 3.19. The highest BCUT2D eigenvalue weighted by Gasteiger charge is 2.25. The molecule has 1 aromatic carbocycles. The van der Waals surface area contributed by atoms with E-state index < -0.39 is 0 Å². The maximum Gasteiger partial charge on any atom is 0.260 e. The summed E-state index contributed by atoms with van der Waals surface area (Å²) in [4.78, 5) is 14.2. The van der Waals surface area contributed by atoms with Gasteiger partial charge in [0.1, 0.15) is 5.75 Å². The lowest BCUT2D eigenvalue weighted by atomic mass is 9.92. The molecule has 2 unspecified atom stereocenters. The van der Waals surface area contributed by atoms with Gasteiger partial charge >= 0.3 is 0 Å². The summed E-state index contributed by atoms with van der Waals surface area (Å²) in [6.07, 6.45) is 1.21. The lowest BCUT2D eigenvalue weighted by Gasteiger charge is -2.34. The van der Waals surface area contributed by atoms with E-state index in [1.165, 1.54) is 12.0 Å². The second-order valence-electron chi connectivity index (χ2n) is 6.23. The lowest BCUT2D eigenvalue weighted by molar-refractivity contribution is -0.136. The Morgan fingerprint density at radius 1 is 1.25 bits per heavy atom. The number of amides is 1. The number of carbonyl (C=O) groups excluding carboxylic acids is 1. The quantitative estimate of drug-likeness (QED) is 0.848. The average molecular weight is 275 g/mol. The van der Waals surface area contributed by atoms with E-state index in [-0.39, 0.29) is 12.5 Å². The Kier molecular flexibility index (Phi) is 4.69. The molecule has 3 nitrogen and oxygen atoms in total. The number of likely N-dealkylation sites (tertiary alicyclic amines) is 1. The van der Waals surface area contributed by atoms with Crippen LogP contribution in [-0.2, 0) is 4.79 Å². The smallest absolute Gasteiger partial charge is 0.260 e. The molecule has 1 aliphatic rings. The van der Waals surface area contributed by atoms with Gasteiger partial charge in [-0.3, -0.25) is 4.79 Å². The summed E-state index contributed by atoms with van der Waals surface area (Å²) < 4.78 is 5.71. The molecule has 0 radical (unpaired) electrons. The number of carbonyl (C=O) groups is 1. The number of hydrogen-bond donors (Lipinski definition) is 0. The molecule has 1 heterocycles. The van der Waals surface area contributed by atoms with Crippen molar-refractivity contribution in [2.45, 2.75) is 34.1 Å². The molecule has 2 rings (SSSR count). The molecule has 0 spiro atoms. The number of ether oxygens (including phenoxy) is 1. The van der Waals surface area contributed by atoms with Gasteiger partial charge in [0.25, 0.3) is 5.91 Å². The first-order chi connectivity index (χ1) is 9.47. The van der Waals surface area contributed by atoms with Crippen LogP contribution in [0.4, 0.5) is 0 Å². The molecule has 20 heavy (non-hydrogen) atoms. The summed E-state index contributed by atoms with van der Waals surface area (Å²) in [5.41, 5.74) is 2.30. The van der Waals surface area contributed by atoms with Crippen molar-refractivity contribution in [3.8, 4) is 5.75 Å². The molecule has 0 N–H and O–H groups in total. The summed E-state index contributed by atoms with van der Waals surface area (Å²) in [5.74, 6) is 2.09. The van der Waals surface area contributed by atoms with Crippen molar-refractivity contribution >= 4 is 5.91 Å². The fraction of sp³-hybridized carbons (Fsp3) is 0.588. The highest BCUT2D eigenvalue weighted by atomic mass is 16.5. The van der Waals surface area contributed by atoms with Gasteiger partial charge in [0.2, 0.25) is 0 Å². The third-order valence-corrected chi connectivity index (χ3v) is 4.13. The van der Waals surface area contributed by atoms with Gasteiger partial charge in [-0.25, -0.2) is 0 Å². The van der Waals surface area contributed by atoms with Crippen molar-refractivity contribution in [2.24, 2.45) is 11.8 Å². The van der Waals surface area contributed by atoms with Crippen molar-refractivity contribution in [2.75, 3.05) is 19.7 Å². The van der Waals surface area contributed by atoms with Gasteiger partial charge in [-0.2, -0.15) is 0 Å². The van der Waals surface area contributed by atoms with Gasteiger partial charge in [0.05, 0.1) is 0 Å². The van der Waals surface area contributed by atoms with Crippen LogP contribution >= 0.6 is 0 Å². The number of piperidine rings is 1. The molecule has 2 atom stereocenters. The Hall–Kier alpha value is -1.51. The zero-order chi connectivity index (χ0) is 14.7. The molecule has 1 aromatic rings. The Morgan fingerprint density at radius 3 is 2.55 bits per heavy atom. The Balaban J connectivity index is 1.93. The van der Waals surface area contributed by atoms with Crippen LogP contribution in [0.25, 0.3) is 0 Å². The zero-order valence-corrected chi connectivity index (χ0v) is 13.0. The second-order valence-corrected chi connectivity index (χ2v) is 6.23. The van der Waals surface area contributed by atoms with Crippen LogP contribution in [0, 0.1) is 25.7 Å². The highest BCUT2D eigenvalue weighted by molar-refractivity contribution is 5.78. The molecule has 0 saturated carbocycles. The Bertz CT molecular complexity index is 474. The largest absolute Gasteiger partial charge is 0.483 e. The third kappa shape index (κ3) is 3.53. The average Bonchev–Trinajstić information content (AvgIpc) is 2.39. The standard InChI is InChI=1S/C17H25NO2/c1-12-8-13(2)10-18(9-12)17(19)11-20-16-7-5-6-14(3)15(16)4/h5-7,12-13H,8-11H2,1-4H3. The van der Waals surface area contributed by atoms with Crippen LogP contribution in [0.1, 0.15) is 31.4 Å². The van der Waals surface area contributed by atoms with Gasteiger partial charge in [-0.05, 0) is 49.3 Å². The predicted molar refractivity (Wildman–Crippen MR) is 80.9 cm³/mol. The summed E-state index contributed by atoms with van der Waals surface area (Å²) >= 11 is 0. The minimum Gasteiger partial charge on any atom is -0.483 e.